The van der Waals surface area contributed by atoms with Crippen molar-refractivity contribution in [2.75, 3.05) is 9.80 Å². The molecule has 4 nitrogen and oxygen atoms in total. The van der Waals surface area contributed by atoms with Gasteiger partial charge in [-0.15, -0.1) is 0 Å². The average Bonchev–Trinajstić information content (AvgIpc) is 0.978. The van der Waals surface area contributed by atoms with E-state index in [4.69, 9.17) is 11.6 Å². The molecule has 0 saturated carbocycles. The van der Waals surface area contributed by atoms with E-state index in [2.05, 4.69) is 333 Å². The molecule has 0 atom stereocenters. The molecule has 13 aromatic rings. The lowest BCUT2D eigenvalue weighted by Gasteiger charge is -2.45. The van der Waals surface area contributed by atoms with Crippen LogP contribution >= 0.6 is 11.6 Å². The van der Waals surface area contributed by atoms with Crippen molar-refractivity contribution in [3.63, 3.8) is 0 Å². The molecule has 0 amide bonds. The van der Waals surface area contributed by atoms with E-state index < -0.39 is 0 Å². The molecule has 2 aliphatic rings. The minimum absolute atomic E-state index is 0.0366. The molecule has 0 N–H and O–H groups in total. The summed E-state index contributed by atoms with van der Waals surface area (Å²) in [5.41, 5.74) is 26.7. The van der Waals surface area contributed by atoms with E-state index in [1.54, 1.807) is 0 Å². The number of fused-ring (bicyclic) bond motifs is 10. The molecule has 88 heavy (non-hydrogen) atoms. The zero-order valence-electron chi connectivity index (χ0n) is 52.7. The van der Waals surface area contributed by atoms with Crippen molar-refractivity contribution >= 4 is 112 Å². The van der Waals surface area contributed by atoms with E-state index in [0.717, 1.165) is 45.5 Å². The first kappa shape index (κ1) is 55.5. The standard InChI is InChI=1S/C82H74BClN4/c1-79(2,3)55-33-39-66-60(45-55)61-46-56(80(4,5)6)34-40-67(61)85(66)72-27-19-21-29-74(72)87-70-37-31-53(51-23-15-13-16-24-51)43-64(70)83-65-44-54(52-25-17-14-18-26-52)32-38-71(65)88(77-50-59(84)49-76(87)78(77)83)75-30-22-20-28-73(75)86-68-41-35-57(81(7,8)9)47-62(68)63-48-58(82(10,11)12)36-42-69(63)86/h13-50H,1-12H3. The Labute approximate surface area is 524 Å². The molecule has 0 aliphatic carbocycles. The minimum atomic E-state index is -0.189. The number of hydrogen-bond acceptors (Lipinski definition) is 2. The SMILES string of the molecule is CC(C)(C)c1ccc2c(c1)c1cc(C(C)(C)C)ccc1n2-c1ccccc1N1c2ccc(-c3ccccc3)cc2B2c3cc(-c4ccccc4)ccc3N(c3ccccc3-n3c4ccc(C(C)(C)C)cc4c4cc(C(C)(C)C)ccc43)c3cc(Cl)cc1c32. The van der Waals surface area contributed by atoms with Gasteiger partial charge in [0.25, 0.3) is 6.71 Å². The van der Waals surface area contributed by atoms with Crippen molar-refractivity contribution < 1.29 is 0 Å². The predicted octanol–water partition coefficient (Wildman–Crippen LogP) is 21.1. The van der Waals surface area contributed by atoms with Gasteiger partial charge < -0.3 is 18.9 Å². The maximum Gasteiger partial charge on any atom is 0.252 e. The molecule has 2 aromatic heterocycles. The van der Waals surface area contributed by atoms with Crippen LogP contribution in [-0.2, 0) is 21.7 Å². The van der Waals surface area contributed by atoms with Gasteiger partial charge in [-0.1, -0.05) is 228 Å². The molecule has 0 bridgehead atoms. The highest BCUT2D eigenvalue weighted by molar-refractivity contribution is 7.00. The molecule has 11 aromatic carbocycles. The third-order valence-corrected chi connectivity index (χ3v) is 19.2. The molecular formula is C82H74BClN4. The van der Waals surface area contributed by atoms with E-state index in [0.29, 0.717) is 5.02 Å². The zero-order valence-corrected chi connectivity index (χ0v) is 53.4. The smallest absolute Gasteiger partial charge is 0.252 e. The Bertz CT molecular complexity index is 4530. The summed E-state index contributed by atoms with van der Waals surface area (Å²) in [7, 11) is 0. The van der Waals surface area contributed by atoms with E-state index in [1.807, 2.05) is 0 Å². The van der Waals surface area contributed by atoms with Gasteiger partial charge in [-0.3, -0.25) is 0 Å². The molecule has 0 radical (unpaired) electrons. The minimum Gasteiger partial charge on any atom is -0.309 e. The van der Waals surface area contributed by atoms with Crippen LogP contribution in [0, 0.1) is 0 Å². The number of rotatable bonds is 6. The molecule has 0 fully saturated rings. The van der Waals surface area contributed by atoms with E-state index >= 15 is 0 Å². The largest absolute Gasteiger partial charge is 0.309 e. The fourth-order valence-electron chi connectivity index (χ4n) is 14.2. The van der Waals surface area contributed by atoms with Crippen molar-refractivity contribution in [3.8, 4) is 33.6 Å². The fraction of sp³-hybridized carbons (Fsp3) is 0.195. The first-order valence-electron chi connectivity index (χ1n) is 31.3. The molecule has 0 spiro atoms. The Morgan fingerprint density at radius 1 is 0.273 bits per heavy atom. The Hall–Kier alpha value is -9.03. The maximum absolute atomic E-state index is 7.84. The first-order valence-corrected chi connectivity index (χ1v) is 31.7. The average molecular weight is 1160 g/mol. The predicted molar refractivity (Wildman–Crippen MR) is 380 cm³/mol. The number of halogens is 1. The summed E-state index contributed by atoms with van der Waals surface area (Å²) >= 11 is 7.84. The van der Waals surface area contributed by atoms with Gasteiger partial charge in [-0.25, -0.2) is 0 Å². The summed E-state index contributed by atoms with van der Waals surface area (Å²) in [5, 5.41) is 5.67. The van der Waals surface area contributed by atoms with E-state index in [1.165, 1.54) is 105 Å². The highest BCUT2D eigenvalue weighted by atomic mass is 35.5. The molecule has 2 aliphatic heterocycles. The Kier molecular flexibility index (Phi) is 12.6. The van der Waals surface area contributed by atoms with E-state index in [9.17, 15) is 0 Å². The van der Waals surface area contributed by atoms with Crippen LogP contribution in [0.5, 0.6) is 0 Å². The van der Waals surface area contributed by atoms with Crippen LogP contribution in [-0.4, -0.2) is 15.8 Å². The van der Waals surface area contributed by atoms with Crippen LogP contribution in [0.3, 0.4) is 0 Å². The fourth-order valence-corrected chi connectivity index (χ4v) is 14.4. The van der Waals surface area contributed by atoms with Crippen molar-refractivity contribution in [2.24, 2.45) is 0 Å². The van der Waals surface area contributed by atoms with Crippen LogP contribution in [0.15, 0.2) is 231 Å². The van der Waals surface area contributed by atoms with Gasteiger partial charge in [-0.05, 0) is 180 Å². The summed E-state index contributed by atoms with van der Waals surface area (Å²) in [6.45, 7) is 27.6. The van der Waals surface area contributed by atoms with Crippen molar-refractivity contribution in [1.29, 1.82) is 0 Å². The summed E-state index contributed by atoms with van der Waals surface area (Å²) in [6.07, 6.45) is 0. The van der Waals surface area contributed by atoms with Gasteiger partial charge in [0.15, 0.2) is 0 Å². The third-order valence-electron chi connectivity index (χ3n) is 19.0. The van der Waals surface area contributed by atoms with E-state index in [-0.39, 0.29) is 28.4 Å². The summed E-state index contributed by atoms with van der Waals surface area (Å²) in [6, 6.07) is 87.2. The number of anilines is 6. The van der Waals surface area contributed by atoms with Gasteiger partial charge >= 0.3 is 0 Å². The molecule has 15 rings (SSSR count). The first-order chi connectivity index (χ1) is 42.1. The second-order valence-corrected chi connectivity index (χ2v) is 29.3. The lowest BCUT2D eigenvalue weighted by Crippen LogP contribution is -2.61. The zero-order chi connectivity index (χ0) is 60.9. The second kappa shape index (κ2) is 20.0. The van der Waals surface area contributed by atoms with Crippen LogP contribution in [0.4, 0.5) is 34.1 Å². The normalized spacial score (nSPS) is 13.4. The highest BCUT2D eigenvalue weighted by Crippen LogP contribution is 2.51. The Balaban J connectivity index is 1.04. The summed E-state index contributed by atoms with van der Waals surface area (Å²) < 4.78 is 5.04. The molecule has 4 heterocycles. The van der Waals surface area contributed by atoms with Crippen molar-refractivity contribution in [2.45, 2.75) is 105 Å². The summed E-state index contributed by atoms with van der Waals surface area (Å²) in [5.74, 6) is 0. The quantitative estimate of drug-likeness (QED) is 0.154. The van der Waals surface area contributed by atoms with Gasteiger partial charge in [0.05, 0.1) is 44.8 Å². The van der Waals surface area contributed by atoms with Gasteiger partial charge in [0.2, 0.25) is 0 Å². The number of benzene rings is 11. The number of nitrogens with zero attached hydrogens (tertiary/aromatic N) is 4. The number of aromatic nitrogens is 2. The van der Waals surface area contributed by atoms with Crippen LogP contribution in [0.1, 0.15) is 105 Å². The van der Waals surface area contributed by atoms with Crippen LogP contribution in [0.2, 0.25) is 5.02 Å². The monoisotopic (exact) mass is 1160 g/mol. The van der Waals surface area contributed by atoms with Gasteiger partial charge in [0, 0.05) is 49.3 Å². The van der Waals surface area contributed by atoms with Crippen molar-refractivity contribution in [3.05, 3.63) is 258 Å². The van der Waals surface area contributed by atoms with Crippen LogP contribution in [0.25, 0.3) is 77.2 Å². The van der Waals surface area contributed by atoms with Gasteiger partial charge in [-0.2, -0.15) is 0 Å². The molecule has 432 valence electrons. The maximum atomic E-state index is 7.84. The van der Waals surface area contributed by atoms with Gasteiger partial charge in [0.1, 0.15) is 0 Å². The van der Waals surface area contributed by atoms with Crippen molar-refractivity contribution in [1.82, 2.24) is 9.13 Å². The van der Waals surface area contributed by atoms with Crippen LogP contribution < -0.4 is 26.2 Å². The molecule has 0 saturated heterocycles. The second-order valence-electron chi connectivity index (χ2n) is 28.8. The molecular weight excluding hydrogens is 1090 g/mol. The Morgan fingerprint density at radius 3 is 0.898 bits per heavy atom. The molecule has 0 unspecified atom stereocenters. The summed E-state index contributed by atoms with van der Waals surface area (Å²) in [4.78, 5) is 5.07. The number of para-hydroxylation sites is 4. The Morgan fingerprint density at radius 2 is 0.580 bits per heavy atom. The third kappa shape index (κ3) is 8.94. The number of hydrogen-bond donors (Lipinski definition) is 0. The lowest BCUT2D eigenvalue weighted by atomic mass is 9.33. The highest BCUT2D eigenvalue weighted by Gasteiger charge is 2.45. The topological polar surface area (TPSA) is 16.3 Å². The lowest BCUT2D eigenvalue weighted by molar-refractivity contribution is 0.590. The molecule has 6 heteroatoms.